The smallest absolute Gasteiger partial charge is 0.236 e. The second kappa shape index (κ2) is 7.16. The normalized spacial score (nSPS) is 15.0. The van der Waals surface area contributed by atoms with Gasteiger partial charge in [-0.05, 0) is 24.7 Å². The number of hydrogen-bond donors (Lipinski definition) is 1. The molecule has 0 spiro atoms. The predicted molar refractivity (Wildman–Crippen MR) is 76.9 cm³/mol. The van der Waals surface area contributed by atoms with E-state index in [4.69, 9.17) is 5.26 Å². The van der Waals surface area contributed by atoms with Crippen molar-refractivity contribution in [3.8, 4) is 6.07 Å². The van der Waals surface area contributed by atoms with E-state index >= 15 is 0 Å². The molecule has 0 aliphatic carbocycles. The van der Waals surface area contributed by atoms with Crippen molar-refractivity contribution in [2.45, 2.75) is 6.54 Å². The summed E-state index contributed by atoms with van der Waals surface area (Å²) in [6, 6.07) is 6.29. The molecule has 5 nitrogen and oxygen atoms in total. The number of amides is 1. The number of hydrogen-bond acceptors (Lipinski definition) is 4. The first kappa shape index (κ1) is 15.4. The molecule has 0 radical (unpaired) electrons. The molecule has 0 aromatic heterocycles. The van der Waals surface area contributed by atoms with Crippen LogP contribution >= 0.6 is 0 Å². The van der Waals surface area contributed by atoms with Gasteiger partial charge in [-0.3, -0.25) is 9.69 Å². The van der Waals surface area contributed by atoms with Crippen LogP contribution in [0.2, 0.25) is 0 Å². The van der Waals surface area contributed by atoms with E-state index in [0.29, 0.717) is 13.1 Å². The molecule has 112 valence electrons. The van der Waals surface area contributed by atoms with Gasteiger partial charge in [-0.1, -0.05) is 6.07 Å². The standard InChI is InChI=1S/C15H19FN4O/c1-19(11-15(21)20-6-4-18-5-7-20)10-12-2-3-14(16)13(8-12)9-17/h2-3,8,18H,4-7,10-11H2,1H3. The van der Waals surface area contributed by atoms with E-state index in [0.717, 1.165) is 31.7 Å². The lowest BCUT2D eigenvalue weighted by Gasteiger charge is -2.29. The fourth-order valence-electron chi connectivity index (χ4n) is 2.37. The van der Waals surface area contributed by atoms with Crippen molar-refractivity contribution in [2.75, 3.05) is 39.8 Å². The summed E-state index contributed by atoms with van der Waals surface area (Å²) in [5.41, 5.74) is 0.859. The highest BCUT2D eigenvalue weighted by atomic mass is 19.1. The summed E-state index contributed by atoms with van der Waals surface area (Å²) in [6.45, 7) is 3.97. The zero-order valence-electron chi connectivity index (χ0n) is 12.1. The van der Waals surface area contributed by atoms with Crippen LogP contribution in [0.15, 0.2) is 18.2 Å². The second-order valence-corrected chi connectivity index (χ2v) is 5.23. The van der Waals surface area contributed by atoms with Gasteiger partial charge in [-0.25, -0.2) is 4.39 Å². The largest absolute Gasteiger partial charge is 0.339 e. The highest BCUT2D eigenvalue weighted by Gasteiger charge is 2.17. The van der Waals surface area contributed by atoms with Gasteiger partial charge in [0.2, 0.25) is 5.91 Å². The predicted octanol–water partition coefficient (Wildman–Crippen LogP) is 0.561. The molecule has 1 aromatic carbocycles. The van der Waals surface area contributed by atoms with E-state index in [-0.39, 0.29) is 11.5 Å². The van der Waals surface area contributed by atoms with Gasteiger partial charge in [0, 0.05) is 32.7 Å². The first-order valence-electron chi connectivity index (χ1n) is 6.95. The Morgan fingerprint density at radius 1 is 1.48 bits per heavy atom. The minimum Gasteiger partial charge on any atom is -0.339 e. The van der Waals surface area contributed by atoms with Crippen molar-refractivity contribution in [1.29, 1.82) is 5.26 Å². The molecule has 1 aliphatic heterocycles. The Bertz CT molecular complexity index is 549. The molecular formula is C15H19FN4O. The average Bonchev–Trinajstić information content (AvgIpc) is 2.50. The zero-order chi connectivity index (χ0) is 15.2. The van der Waals surface area contributed by atoms with Gasteiger partial charge >= 0.3 is 0 Å². The Hall–Kier alpha value is -1.97. The number of halogens is 1. The molecule has 1 heterocycles. The highest BCUT2D eigenvalue weighted by Crippen LogP contribution is 2.11. The van der Waals surface area contributed by atoms with Gasteiger partial charge in [-0.15, -0.1) is 0 Å². The minimum atomic E-state index is -0.513. The number of nitriles is 1. The number of carbonyl (C=O) groups excluding carboxylic acids is 1. The van der Waals surface area contributed by atoms with E-state index in [2.05, 4.69) is 5.32 Å². The van der Waals surface area contributed by atoms with Gasteiger partial charge in [0.1, 0.15) is 11.9 Å². The molecule has 2 rings (SSSR count). The Balaban J connectivity index is 1.90. The lowest BCUT2D eigenvalue weighted by atomic mass is 10.1. The average molecular weight is 290 g/mol. The van der Waals surface area contributed by atoms with E-state index in [1.165, 1.54) is 12.1 Å². The third-order valence-corrected chi connectivity index (χ3v) is 3.48. The van der Waals surface area contributed by atoms with Crippen LogP contribution in [0.1, 0.15) is 11.1 Å². The fourth-order valence-corrected chi connectivity index (χ4v) is 2.37. The van der Waals surface area contributed by atoms with Gasteiger partial charge in [0.15, 0.2) is 0 Å². The number of benzene rings is 1. The molecule has 1 amide bonds. The first-order valence-corrected chi connectivity index (χ1v) is 6.95. The van der Waals surface area contributed by atoms with Gasteiger partial charge in [0.05, 0.1) is 12.1 Å². The summed E-state index contributed by atoms with van der Waals surface area (Å²) < 4.78 is 13.3. The maximum Gasteiger partial charge on any atom is 0.236 e. The van der Waals surface area contributed by atoms with E-state index in [9.17, 15) is 9.18 Å². The minimum absolute atomic E-state index is 0.0364. The molecule has 1 aliphatic rings. The molecule has 1 N–H and O–H groups in total. The van der Waals surface area contributed by atoms with Crippen LogP contribution in [-0.2, 0) is 11.3 Å². The molecule has 1 aromatic rings. The summed E-state index contributed by atoms with van der Waals surface area (Å²) in [7, 11) is 1.84. The maximum atomic E-state index is 13.3. The number of nitrogens with one attached hydrogen (secondary N) is 1. The van der Waals surface area contributed by atoms with Gasteiger partial charge in [0.25, 0.3) is 0 Å². The van der Waals surface area contributed by atoms with Crippen molar-refractivity contribution in [1.82, 2.24) is 15.1 Å². The maximum absolute atomic E-state index is 13.3. The summed E-state index contributed by atoms with van der Waals surface area (Å²) in [5.74, 6) is -0.414. The lowest BCUT2D eigenvalue weighted by molar-refractivity contribution is -0.132. The molecule has 1 fully saturated rings. The zero-order valence-corrected chi connectivity index (χ0v) is 12.1. The third kappa shape index (κ3) is 4.25. The Morgan fingerprint density at radius 2 is 2.19 bits per heavy atom. The van der Waals surface area contributed by atoms with Gasteiger partial charge in [-0.2, -0.15) is 5.26 Å². The van der Waals surface area contributed by atoms with Crippen LogP contribution in [0.4, 0.5) is 4.39 Å². The van der Waals surface area contributed by atoms with Crippen LogP contribution in [0, 0.1) is 17.1 Å². The summed E-state index contributed by atoms with van der Waals surface area (Å²) in [5, 5.41) is 12.0. The molecular weight excluding hydrogens is 271 g/mol. The third-order valence-electron chi connectivity index (χ3n) is 3.48. The molecule has 1 saturated heterocycles. The molecule has 6 heteroatoms. The molecule has 0 atom stereocenters. The lowest BCUT2D eigenvalue weighted by Crippen LogP contribution is -2.49. The van der Waals surface area contributed by atoms with Crippen LogP contribution in [0.25, 0.3) is 0 Å². The second-order valence-electron chi connectivity index (χ2n) is 5.23. The molecule has 0 unspecified atom stereocenters. The van der Waals surface area contributed by atoms with Crippen LogP contribution in [0.5, 0.6) is 0 Å². The van der Waals surface area contributed by atoms with Crippen molar-refractivity contribution in [2.24, 2.45) is 0 Å². The van der Waals surface area contributed by atoms with E-state index in [1.807, 2.05) is 22.9 Å². The molecule has 0 saturated carbocycles. The Morgan fingerprint density at radius 3 is 2.86 bits per heavy atom. The summed E-state index contributed by atoms with van der Waals surface area (Å²) in [6.07, 6.45) is 0. The Kier molecular flexibility index (Phi) is 5.26. The van der Waals surface area contributed by atoms with Crippen molar-refractivity contribution >= 4 is 5.91 Å². The number of carbonyl (C=O) groups is 1. The van der Waals surface area contributed by atoms with Crippen molar-refractivity contribution in [3.05, 3.63) is 35.1 Å². The number of likely N-dealkylation sites (N-methyl/N-ethyl adjacent to an activating group) is 1. The first-order chi connectivity index (χ1) is 10.1. The van der Waals surface area contributed by atoms with Crippen LogP contribution in [-0.4, -0.2) is 55.5 Å². The van der Waals surface area contributed by atoms with Crippen molar-refractivity contribution in [3.63, 3.8) is 0 Å². The van der Waals surface area contributed by atoms with Crippen molar-refractivity contribution < 1.29 is 9.18 Å². The number of rotatable bonds is 4. The summed E-state index contributed by atoms with van der Waals surface area (Å²) >= 11 is 0. The highest BCUT2D eigenvalue weighted by molar-refractivity contribution is 5.78. The SMILES string of the molecule is CN(CC(=O)N1CCNCC1)Cc1ccc(F)c(C#N)c1. The molecule has 0 bridgehead atoms. The van der Waals surface area contributed by atoms with Crippen LogP contribution in [0.3, 0.4) is 0 Å². The molecule has 21 heavy (non-hydrogen) atoms. The number of nitrogens with zero attached hydrogens (tertiary/aromatic N) is 3. The van der Waals surface area contributed by atoms with E-state index in [1.54, 1.807) is 6.07 Å². The fraction of sp³-hybridized carbons (Fsp3) is 0.467. The quantitative estimate of drug-likeness (QED) is 0.880. The van der Waals surface area contributed by atoms with Crippen LogP contribution < -0.4 is 5.32 Å². The van der Waals surface area contributed by atoms with Gasteiger partial charge < -0.3 is 10.2 Å². The Labute approximate surface area is 123 Å². The topological polar surface area (TPSA) is 59.4 Å². The monoisotopic (exact) mass is 290 g/mol. The number of piperazine rings is 1. The summed E-state index contributed by atoms with van der Waals surface area (Å²) in [4.78, 5) is 15.8. The van der Waals surface area contributed by atoms with E-state index < -0.39 is 5.82 Å².